The van der Waals surface area contributed by atoms with Gasteiger partial charge in [-0.15, -0.1) is 0 Å². The average molecular weight is 328 g/mol. The molecule has 1 unspecified atom stereocenters. The lowest BCUT2D eigenvalue weighted by Crippen LogP contribution is -2.28. The molecule has 3 aromatic rings. The molecule has 3 aromatic carbocycles. The highest BCUT2D eigenvalue weighted by Crippen LogP contribution is 2.63. The fraction of sp³-hybridized carbons (Fsp3) is 0.250. The molecule has 25 heavy (non-hydrogen) atoms. The summed E-state index contributed by atoms with van der Waals surface area (Å²) in [7, 11) is 0. The van der Waals surface area contributed by atoms with Crippen LogP contribution in [0, 0.1) is 0 Å². The van der Waals surface area contributed by atoms with Crippen molar-refractivity contribution in [2.24, 2.45) is 0 Å². The first-order valence-electron chi connectivity index (χ1n) is 9.16. The summed E-state index contributed by atoms with van der Waals surface area (Å²) in [5.74, 6) is 0. The third kappa shape index (κ3) is 2.69. The van der Waals surface area contributed by atoms with Crippen LogP contribution in [0.3, 0.4) is 0 Å². The first-order chi connectivity index (χ1) is 12.3. The highest BCUT2D eigenvalue weighted by molar-refractivity contribution is 5.47. The molecule has 1 heterocycles. The second kappa shape index (κ2) is 6.50. The monoisotopic (exact) mass is 328 g/mol. The van der Waals surface area contributed by atoms with E-state index in [1.807, 2.05) is 0 Å². The summed E-state index contributed by atoms with van der Waals surface area (Å²) in [6.07, 6.45) is 3.09. The third-order valence-corrected chi connectivity index (χ3v) is 5.30. The fourth-order valence-corrected chi connectivity index (χ4v) is 4.23. The maximum Gasteiger partial charge on any atom is 0.148 e. The van der Waals surface area contributed by atoms with E-state index in [9.17, 15) is 0 Å². The predicted octanol–water partition coefficient (Wildman–Crippen LogP) is 5.74. The van der Waals surface area contributed by atoms with E-state index in [0.29, 0.717) is 0 Å². The molecule has 1 nitrogen and oxygen atoms in total. The van der Waals surface area contributed by atoms with Crippen molar-refractivity contribution < 1.29 is 4.74 Å². The molecule has 0 aromatic heterocycles. The number of rotatable bonds is 6. The third-order valence-electron chi connectivity index (χ3n) is 5.30. The highest BCUT2D eigenvalue weighted by atomic mass is 16.6. The van der Waals surface area contributed by atoms with Crippen molar-refractivity contribution in [1.29, 1.82) is 0 Å². The van der Waals surface area contributed by atoms with Crippen LogP contribution in [0.15, 0.2) is 91.0 Å². The Morgan fingerprint density at radius 2 is 1.16 bits per heavy atom. The van der Waals surface area contributed by atoms with Gasteiger partial charge in [0.2, 0.25) is 0 Å². The Bertz CT molecular complexity index is 771. The lowest BCUT2D eigenvalue weighted by atomic mass is 9.76. The standard InChI is InChI=1S/C24H24O/c1-2-18-23(19-20-12-6-3-7-13-20)24(25-23,21-14-8-4-9-15-21)22-16-10-5-11-17-22/h3-17H,2,18-19H2,1H3. The van der Waals surface area contributed by atoms with Crippen LogP contribution in [0.5, 0.6) is 0 Å². The molecule has 1 atom stereocenters. The Kier molecular flexibility index (Phi) is 4.19. The SMILES string of the molecule is CCCC1(Cc2ccccc2)OC1(c1ccccc1)c1ccccc1. The average Bonchev–Trinajstić information content (AvgIpc) is 3.33. The number of hydrogen-bond acceptors (Lipinski definition) is 1. The normalized spacial score (nSPS) is 21.0. The van der Waals surface area contributed by atoms with Gasteiger partial charge in [-0.1, -0.05) is 104 Å². The molecular formula is C24H24O. The molecule has 0 spiro atoms. The summed E-state index contributed by atoms with van der Waals surface area (Å²) in [4.78, 5) is 0. The molecule has 0 N–H and O–H groups in total. The molecule has 0 bridgehead atoms. The lowest BCUT2D eigenvalue weighted by molar-refractivity contribution is 0.263. The molecule has 0 saturated carbocycles. The van der Waals surface area contributed by atoms with Crippen molar-refractivity contribution in [3.05, 3.63) is 108 Å². The number of ether oxygens (including phenoxy) is 1. The fourth-order valence-electron chi connectivity index (χ4n) is 4.23. The zero-order valence-electron chi connectivity index (χ0n) is 14.7. The Balaban J connectivity index is 1.82. The Morgan fingerprint density at radius 3 is 1.64 bits per heavy atom. The molecule has 1 aliphatic rings. The number of benzene rings is 3. The van der Waals surface area contributed by atoms with E-state index in [4.69, 9.17) is 4.74 Å². The number of epoxide rings is 1. The zero-order chi connectivity index (χ0) is 17.2. The molecule has 1 aliphatic heterocycles. The van der Waals surface area contributed by atoms with E-state index in [0.717, 1.165) is 19.3 Å². The Hall–Kier alpha value is -2.38. The van der Waals surface area contributed by atoms with Crippen LogP contribution in [0.4, 0.5) is 0 Å². The van der Waals surface area contributed by atoms with E-state index < -0.39 is 0 Å². The van der Waals surface area contributed by atoms with Gasteiger partial charge in [0.1, 0.15) is 11.2 Å². The minimum absolute atomic E-state index is 0.175. The van der Waals surface area contributed by atoms with Crippen LogP contribution in [-0.2, 0) is 16.8 Å². The minimum Gasteiger partial charge on any atom is -0.352 e. The summed E-state index contributed by atoms with van der Waals surface area (Å²) in [6.45, 7) is 2.25. The summed E-state index contributed by atoms with van der Waals surface area (Å²) in [5.41, 5.74) is 3.33. The first kappa shape index (κ1) is 16.1. The van der Waals surface area contributed by atoms with E-state index >= 15 is 0 Å². The van der Waals surface area contributed by atoms with Crippen molar-refractivity contribution in [1.82, 2.24) is 0 Å². The maximum atomic E-state index is 6.71. The van der Waals surface area contributed by atoms with Gasteiger partial charge in [-0.25, -0.2) is 0 Å². The van der Waals surface area contributed by atoms with Crippen LogP contribution in [-0.4, -0.2) is 5.60 Å². The molecular weight excluding hydrogens is 304 g/mol. The van der Waals surface area contributed by atoms with E-state index in [2.05, 4.69) is 97.9 Å². The largest absolute Gasteiger partial charge is 0.352 e. The predicted molar refractivity (Wildman–Crippen MR) is 103 cm³/mol. The second-order valence-electron chi connectivity index (χ2n) is 6.92. The van der Waals surface area contributed by atoms with E-state index in [-0.39, 0.29) is 11.2 Å². The molecule has 1 fully saturated rings. The van der Waals surface area contributed by atoms with Crippen LogP contribution in [0.1, 0.15) is 36.5 Å². The summed E-state index contributed by atoms with van der Waals surface area (Å²) in [5, 5.41) is 0. The molecule has 0 radical (unpaired) electrons. The lowest BCUT2D eigenvalue weighted by Gasteiger charge is -2.21. The van der Waals surface area contributed by atoms with Crippen LogP contribution >= 0.6 is 0 Å². The number of hydrogen-bond donors (Lipinski definition) is 0. The minimum atomic E-state index is -0.346. The van der Waals surface area contributed by atoms with Gasteiger partial charge in [-0.05, 0) is 23.1 Å². The summed E-state index contributed by atoms with van der Waals surface area (Å²) < 4.78 is 6.71. The van der Waals surface area contributed by atoms with Crippen molar-refractivity contribution in [2.45, 2.75) is 37.4 Å². The van der Waals surface area contributed by atoms with Crippen molar-refractivity contribution in [2.75, 3.05) is 0 Å². The second-order valence-corrected chi connectivity index (χ2v) is 6.92. The summed E-state index contributed by atoms with van der Waals surface area (Å²) >= 11 is 0. The van der Waals surface area contributed by atoms with Crippen molar-refractivity contribution in [3.8, 4) is 0 Å². The van der Waals surface area contributed by atoms with E-state index in [1.165, 1.54) is 16.7 Å². The van der Waals surface area contributed by atoms with Gasteiger partial charge < -0.3 is 4.74 Å². The Morgan fingerprint density at radius 1 is 0.680 bits per heavy atom. The topological polar surface area (TPSA) is 12.5 Å². The van der Waals surface area contributed by atoms with Gasteiger partial charge in [-0.2, -0.15) is 0 Å². The molecule has 1 heteroatoms. The molecule has 0 amide bonds. The summed E-state index contributed by atoms with van der Waals surface area (Å²) in [6, 6.07) is 32.1. The van der Waals surface area contributed by atoms with Crippen LogP contribution in [0.2, 0.25) is 0 Å². The molecule has 126 valence electrons. The van der Waals surface area contributed by atoms with Gasteiger partial charge in [0.05, 0.1) is 0 Å². The van der Waals surface area contributed by atoms with Gasteiger partial charge >= 0.3 is 0 Å². The van der Waals surface area contributed by atoms with Gasteiger partial charge in [0.25, 0.3) is 0 Å². The molecule has 0 aliphatic carbocycles. The highest BCUT2D eigenvalue weighted by Gasteiger charge is 2.70. The smallest absolute Gasteiger partial charge is 0.148 e. The van der Waals surface area contributed by atoms with Gasteiger partial charge in [0.15, 0.2) is 0 Å². The van der Waals surface area contributed by atoms with E-state index in [1.54, 1.807) is 0 Å². The maximum absolute atomic E-state index is 6.71. The Labute approximate surface area is 150 Å². The van der Waals surface area contributed by atoms with Crippen molar-refractivity contribution in [3.63, 3.8) is 0 Å². The van der Waals surface area contributed by atoms with Crippen LogP contribution < -0.4 is 0 Å². The van der Waals surface area contributed by atoms with Gasteiger partial charge in [-0.3, -0.25) is 0 Å². The first-order valence-corrected chi connectivity index (χ1v) is 9.16. The van der Waals surface area contributed by atoms with Crippen LogP contribution in [0.25, 0.3) is 0 Å². The zero-order valence-corrected chi connectivity index (χ0v) is 14.7. The molecule has 1 saturated heterocycles. The van der Waals surface area contributed by atoms with Gasteiger partial charge in [0, 0.05) is 6.42 Å². The molecule has 4 rings (SSSR count). The van der Waals surface area contributed by atoms with Crippen molar-refractivity contribution >= 4 is 0 Å². The quantitative estimate of drug-likeness (QED) is 0.525.